The molecule has 0 aromatic carbocycles. The molecule has 0 bridgehead atoms. The zero-order valence-corrected chi connectivity index (χ0v) is 12.2. The van der Waals surface area contributed by atoms with Gasteiger partial charge in [0.1, 0.15) is 0 Å². The number of nitrogens with zero attached hydrogens (tertiary/aromatic N) is 2. The van der Waals surface area contributed by atoms with Crippen LogP contribution in [-0.4, -0.2) is 35.6 Å². The second-order valence-electron chi connectivity index (χ2n) is 5.90. The van der Waals surface area contributed by atoms with Crippen molar-refractivity contribution in [1.82, 2.24) is 15.3 Å². The zero-order valence-electron chi connectivity index (χ0n) is 12.2. The van der Waals surface area contributed by atoms with Gasteiger partial charge in [-0.1, -0.05) is 0 Å². The molecule has 1 amide bonds. The van der Waals surface area contributed by atoms with E-state index in [0.717, 1.165) is 36.5 Å². The highest BCUT2D eigenvalue weighted by molar-refractivity contribution is 6.28. The predicted molar refractivity (Wildman–Crippen MR) is 79.2 cm³/mol. The Labute approximate surface area is 118 Å². The van der Waals surface area contributed by atoms with E-state index >= 15 is 0 Å². The summed E-state index contributed by atoms with van der Waals surface area (Å²) in [6, 6.07) is 2.13. The van der Waals surface area contributed by atoms with Crippen molar-refractivity contribution in [1.29, 1.82) is 0 Å². The van der Waals surface area contributed by atoms with E-state index in [9.17, 15) is 4.79 Å². The van der Waals surface area contributed by atoms with Crippen molar-refractivity contribution in [2.24, 2.45) is 11.0 Å². The SMILES string of the molecule is Cc1cc(CN(C)C)c(C=C2C(=O)NN=C2C2CC2)[nH]1. The van der Waals surface area contributed by atoms with E-state index in [2.05, 4.69) is 26.5 Å². The summed E-state index contributed by atoms with van der Waals surface area (Å²) in [7, 11) is 4.08. The average Bonchev–Trinajstić information content (AvgIpc) is 3.06. The van der Waals surface area contributed by atoms with Gasteiger partial charge in [-0.3, -0.25) is 4.79 Å². The van der Waals surface area contributed by atoms with Crippen LogP contribution >= 0.6 is 0 Å². The smallest absolute Gasteiger partial charge is 0.273 e. The molecule has 1 fully saturated rings. The molecule has 20 heavy (non-hydrogen) atoms. The summed E-state index contributed by atoms with van der Waals surface area (Å²) in [5.74, 6) is 0.378. The molecule has 2 heterocycles. The Morgan fingerprint density at radius 1 is 1.45 bits per heavy atom. The quantitative estimate of drug-likeness (QED) is 0.819. The first-order valence-electron chi connectivity index (χ1n) is 6.98. The number of carbonyl (C=O) groups is 1. The largest absolute Gasteiger partial charge is 0.359 e. The summed E-state index contributed by atoms with van der Waals surface area (Å²) < 4.78 is 0. The molecule has 0 saturated heterocycles. The number of hydrogen-bond donors (Lipinski definition) is 2. The molecular weight excluding hydrogens is 252 g/mol. The van der Waals surface area contributed by atoms with E-state index in [1.54, 1.807) is 0 Å². The van der Waals surface area contributed by atoms with E-state index < -0.39 is 0 Å². The van der Waals surface area contributed by atoms with Crippen LogP contribution in [0.3, 0.4) is 0 Å². The molecule has 3 rings (SSSR count). The molecule has 106 valence electrons. The Morgan fingerprint density at radius 2 is 2.20 bits per heavy atom. The van der Waals surface area contributed by atoms with Crippen LogP contribution in [0.25, 0.3) is 6.08 Å². The van der Waals surface area contributed by atoms with E-state index in [1.807, 2.05) is 27.1 Å². The molecule has 2 N–H and O–H groups in total. The number of carbonyl (C=O) groups excluding carboxylic acids is 1. The predicted octanol–water partition coefficient (Wildman–Crippen LogP) is 1.66. The van der Waals surface area contributed by atoms with Crippen LogP contribution < -0.4 is 5.43 Å². The second kappa shape index (κ2) is 4.90. The van der Waals surface area contributed by atoms with Crippen LogP contribution in [0.15, 0.2) is 16.7 Å². The van der Waals surface area contributed by atoms with Gasteiger partial charge in [0, 0.05) is 23.9 Å². The zero-order chi connectivity index (χ0) is 14.3. The van der Waals surface area contributed by atoms with E-state index in [1.165, 1.54) is 5.56 Å². The van der Waals surface area contributed by atoms with Crippen molar-refractivity contribution in [3.8, 4) is 0 Å². The first-order chi connectivity index (χ1) is 9.54. The standard InChI is InChI=1S/C15H20N4O/c1-9-6-11(8-19(2)3)13(16-9)7-12-14(10-4-5-10)17-18-15(12)20/h6-7,10,16H,4-5,8H2,1-3H3,(H,18,20). The van der Waals surface area contributed by atoms with Crippen molar-refractivity contribution in [3.63, 3.8) is 0 Å². The lowest BCUT2D eigenvalue weighted by atomic mass is 10.0. The number of H-pyrrole nitrogens is 1. The van der Waals surface area contributed by atoms with Crippen molar-refractivity contribution in [2.45, 2.75) is 26.3 Å². The number of rotatable bonds is 4. The highest BCUT2D eigenvalue weighted by Crippen LogP contribution is 2.35. The van der Waals surface area contributed by atoms with Gasteiger partial charge >= 0.3 is 0 Å². The van der Waals surface area contributed by atoms with Crippen LogP contribution in [0.4, 0.5) is 0 Å². The Kier molecular flexibility index (Phi) is 3.22. The van der Waals surface area contributed by atoms with Gasteiger partial charge in [-0.15, -0.1) is 0 Å². The van der Waals surface area contributed by atoms with E-state index in [4.69, 9.17) is 0 Å². The molecule has 2 aliphatic rings. The summed E-state index contributed by atoms with van der Waals surface area (Å²) in [5, 5.41) is 4.18. The number of aromatic amines is 1. The molecule has 1 aliphatic carbocycles. The molecule has 0 atom stereocenters. The van der Waals surface area contributed by atoms with Gasteiger partial charge in [0.2, 0.25) is 0 Å². The highest BCUT2D eigenvalue weighted by Gasteiger charge is 2.35. The van der Waals surface area contributed by atoms with Crippen LogP contribution in [-0.2, 0) is 11.3 Å². The summed E-state index contributed by atoms with van der Waals surface area (Å²) in [4.78, 5) is 17.4. The summed E-state index contributed by atoms with van der Waals surface area (Å²) in [6.45, 7) is 2.88. The molecule has 1 aromatic heterocycles. The van der Waals surface area contributed by atoms with Gasteiger partial charge in [-0.2, -0.15) is 5.10 Å². The third-order valence-corrected chi connectivity index (χ3v) is 3.61. The van der Waals surface area contributed by atoms with Crippen molar-refractivity contribution in [3.05, 3.63) is 28.6 Å². The van der Waals surface area contributed by atoms with E-state index in [-0.39, 0.29) is 5.91 Å². The van der Waals surface area contributed by atoms with Gasteiger partial charge in [-0.05, 0) is 51.6 Å². The maximum Gasteiger partial charge on any atom is 0.273 e. The van der Waals surface area contributed by atoms with Gasteiger partial charge in [0.25, 0.3) is 5.91 Å². The Balaban J connectivity index is 1.94. The highest BCUT2D eigenvalue weighted by atomic mass is 16.2. The third-order valence-electron chi connectivity index (χ3n) is 3.61. The van der Waals surface area contributed by atoms with Crippen LogP contribution in [0.5, 0.6) is 0 Å². The van der Waals surface area contributed by atoms with Crippen molar-refractivity contribution in [2.75, 3.05) is 14.1 Å². The van der Waals surface area contributed by atoms with Gasteiger partial charge < -0.3 is 9.88 Å². The van der Waals surface area contributed by atoms with Crippen LogP contribution in [0, 0.1) is 12.8 Å². The molecule has 0 spiro atoms. The maximum absolute atomic E-state index is 11.9. The minimum atomic E-state index is -0.0880. The second-order valence-corrected chi connectivity index (χ2v) is 5.90. The maximum atomic E-state index is 11.9. The van der Waals surface area contributed by atoms with Crippen LogP contribution in [0.2, 0.25) is 0 Å². The Morgan fingerprint density at radius 3 is 2.85 bits per heavy atom. The summed E-state index contributed by atoms with van der Waals surface area (Å²) >= 11 is 0. The van der Waals surface area contributed by atoms with Crippen molar-refractivity contribution < 1.29 is 4.79 Å². The molecule has 5 nitrogen and oxygen atoms in total. The topological polar surface area (TPSA) is 60.5 Å². The average molecular weight is 272 g/mol. The number of aromatic nitrogens is 1. The fourth-order valence-electron chi connectivity index (χ4n) is 2.57. The number of hydrazone groups is 1. The minimum absolute atomic E-state index is 0.0880. The lowest BCUT2D eigenvalue weighted by Gasteiger charge is -2.09. The molecule has 1 aromatic rings. The number of amides is 1. The molecule has 5 heteroatoms. The van der Waals surface area contributed by atoms with Crippen LogP contribution in [0.1, 0.15) is 29.8 Å². The Bertz CT molecular complexity index is 605. The Hall–Kier alpha value is -1.88. The van der Waals surface area contributed by atoms with Gasteiger partial charge in [0.05, 0.1) is 11.3 Å². The fourth-order valence-corrected chi connectivity index (χ4v) is 2.57. The molecule has 1 saturated carbocycles. The molecule has 0 radical (unpaired) electrons. The number of hydrogen-bond acceptors (Lipinski definition) is 3. The molecule has 0 unspecified atom stereocenters. The van der Waals surface area contributed by atoms with Gasteiger partial charge in [0.15, 0.2) is 0 Å². The minimum Gasteiger partial charge on any atom is -0.359 e. The monoisotopic (exact) mass is 272 g/mol. The lowest BCUT2D eigenvalue weighted by Crippen LogP contribution is -2.14. The molecule has 1 aliphatic heterocycles. The third kappa shape index (κ3) is 2.54. The van der Waals surface area contributed by atoms with E-state index in [0.29, 0.717) is 11.5 Å². The van der Waals surface area contributed by atoms with Crippen molar-refractivity contribution >= 4 is 17.7 Å². The fraction of sp³-hybridized carbons (Fsp3) is 0.467. The first kappa shape index (κ1) is 13.1. The summed E-state index contributed by atoms with van der Waals surface area (Å²) in [5.41, 5.74) is 7.55. The molecular formula is C15H20N4O. The number of aryl methyl sites for hydroxylation is 1. The van der Waals surface area contributed by atoms with Gasteiger partial charge in [-0.25, -0.2) is 5.43 Å². The summed E-state index contributed by atoms with van der Waals surface area (Å²) in [6.07, 6.45) is 4.23. The normalized spacial score (nSPS) is 20.7. The number of nitrogens with one attached hydrogen (secondary N) is 2. The first-order valence-corrected chi connectivity index (χ1v) is 6.98. The lowest BCUT2D eigenvalue weighted by molar-refractivity contribution is -0.116.